The van der Waals surface area contributed by atoms with Crippen LogP contribution in [0.4, 0.5) is 0 Å². The molecule has 0 saturated heterocycles. The summed E-state index contributed by atoms with van der Waals surface area (Å²) in [4.78, 5) is 17.5. The second kappa shape index (κ2) is 5.55. The number of unbranched alkanes of at least 4 members (excludes halogenated alkanes) is 1. The number of ketones is 1. The average Bonchev–Trinajstić information content (AvgIpc) is 2.42. The number of aliphatic hydroxyl groups excluding tert-OH is 1. The van der Waals surface area contributed by atoms with E-state index in [9.17, 15) is 9.90 Å². The van der Waals surface area contributed by atoms with Crippen LogP contribution in [0.2, 0.25) is 0 Å². The number of carbonyl (C=O) groups is 1. The fourth-order valence-electron chi connectivity index (χ4n) is 2.57. The van der Waals surface area contributed by atoms with Crippen molar-refractivity contribution < 1.29 is 14.7 Å². The van der Waals surface area contributed by atoms with Gasteiger partial charge < -0.3 is 9.94 Å². The van der Waals surface area contributed by atoms with Gasteiger partial charge in [-0.2, -0.15) is 5.48 Å². The maximum Gasteiger partial charge on any atom is 0.186 e. The molecule has 1 unspecified atom stereocenters. The monoisotopic (exact) mass is 261 g/mol. The van der Waals surface area contributed by atoms with Crippen molar-refractivity contribution in [1.29, 1.82) is 0 Å². The summed E-state index contributed by atoms with van der Waals surface area (Å²) >= 11 is 0. The molecule has 0 bridgehead atoms. The first-order chi connectivity index (χ1) is 9.15. The number of nitrogens with one attached hydrogen (secondary N) is 1. The molecule has 0 spiro atoms. The van der Waals surface area contributed by atoms with Crippen LogP contribution in [0.5, 0.6) is 0 Å². The first-order valence-corrected chi connectivity index (χ1v) is 6.51. The summed E-state index contributed by atoms with van der Waals surface area (Å²) in [6.07, 6.45) is 3.80. The lowest BCUT2D eigenvalue weighted by Crippen LogP contribution is -2.50. The average molecular weight is 261 g/mol. The smallest absolute Gasteiger partial charge is 0.186 e. The van der Waals surface area contributed by atoms with E-state index >= 15 is 0 Å². The van der Waals surface area contributed by atoms with E-state index < -0.39 is 5.54 Å². The van der Waals surface area contributed by atoms with E-state index in [0.29, 0.717) is 12.0 Å². The summed E-state index contributed by atoms with van der Waals surface area (Å²) < 4.78 is 0. The molecule has 0 amide bonds. The van der Waals surface area contributed by atoms with E-state index in [4.69, 9.17) is 4.84 Å². The molecule has 0 fully saturated rings. The number of hydrogen-bond acceptors (Lipinski definition) is 4. The molecule has 0 radical (unpaired) electrons. The molecule has 2 N–H and O–H groups in total. The molecule has 0 saturated carbocycles. The highest BCUT2D eigenvalue weighted by atomic mass is 16.6. The molecular formula is C15H19NO3. The molecular weight excluding hydrogens is 242 g/mol. The minimum atomic E-state index is -0.895. The summed E-state index contributed by atoms with van der Waals surface area (Å²) in [5.74, 6) is -0.148. The zero-order valence-corrected chi connectivity index (χ0v) is 11.3. The lowest BCUT2D eigenvalue weighted by molar-refractivity contribution is -0.128. The van der Waals surface area contributed by atoms with Gasteiger partial charge in [0.25, 0.3) is 0 Å². The summed E-state index contributed by atoms with van der Waals surface area (Å²) in [5.41, 5.74) is 3.42. The first kappa shape index (κ1) is 13.8. The van der Waals surface area contributed by atoms with Crippen LogP contribution in [0.15, 0.2) is 30.3 Å². The number of aliphatic hydroxyl groups is 1. The van der Waals surface area contributed by atoms with Crippen LogP contribution in [0.3, 0.4) is 0 Å². The lowest BCUT2D eigenvalue weighted by atomic mass is 9.76. The van der Waals surface area contributed by atoms with Gasteiger partial charge >= 0.3 is 0 Å². The van der Waals surface area contributed by atoms with Crippen LogP contribution < -0.4 is 5.48 Å². The molecule has 4 nitrogen and oxygen atoms in total. The molecule has 19 heavy (non-hydrogen) atoms. The molecule has 102 valence electrons. The number of hydrogen-bond donors (Lipinski definition) is 2. The fourth-order valence-corrected chi connectivity index (χ4v) is 2.57. The molecule has 0 aliphatic heterocycles. The van der Waals surface area contributed by atoms with Gasteiger partial charge in [-0.3, -0.25) is 4.79 Å². The van der Waals surface area contributed by atoms with Crippen molar-refractivity contribution in [3.63, 3.8) is 0 Å². The van der Waals surface area contributed by atoms with Gasteiger partial charge in [0.1, 0.15) is 11.3 Å². The largest absolute Gasteiger partial charge is 0.507 e. The Bertz CT molecular complexity index is 510. The summed E-state index contributed by atoms with van der Waals surface area (Å²) in [7, 11) is 1.50. The summed E-state index contributed by atoms with van der Waals surface area (Å²) in [6, 6.07) is 7.38. The Morgan fingerprint density at radius 3 is 2.79 bits per heavy atom. The molecule has 0 heterocycles. The number of hydroxylamine groups is 1. The minimum Gasteiger partial charge on any atom is -0.507 e. The Balaban J connectivity index is 2.55. The van der Waals surface area contributed by atoms with Crippen molar-refractivity contribution >= 4 is 11.5 Å². The molecule has 0 aromatic heterocycles. The molecule has 1 aromatic carbocycles. The van der Waals surface area contributed by atoms with Crippen molar-refractivity contribution in [2.24, 2.45) is 0 Å². The third-order valence-corrected chi connectivity index (χ3v) is 3.53. The van der Waals surface area contributed by atoms with Crippen LogP contribution in [0.25, 0.3) is 5.76 Å². The predicted octanol–water partition coefficient (Wildman–Crippen LogP) is 2.70. The van der Waals surface area contributed by atoms with Crippen LogP contribution in [-0.2, 0) is 15.2 Å². The van der Waals surface area contributed by atoms with Crippen LogP contribution in [0, 0.1) is 0 Å². The lowest BCUT2D eigenvalue weighted by Gasteiger charge is -2.35. The molecule has 1 aliphatic rings. The molecule has 1 aromatic rings. The molecule has 1 aliphatic carbocycles. The van der Waals surface area contributed by atoms with Crippen molar-refractivity contribution in [1.82, 2.24) is 5.48 Å². The highest BCUT2D eigenvalue weighted by Crippen LogP contribution is 2.37. The van der Waals surface area contributed by atoms with Crippen molar-refractivity contribution in [2.75, 3.05) is 7.11 Å². The first-order valence-electron chi connectivity index (χ1n) is 6.51. The number of carbonyl (C=O) groups excluding carboxylic acids is 1. The molecule has 2 rings (SSSR count). The zero-order valence-electron chi connectivity index (χ0n) is 11.3. The Morgan fingerprint density at radius 2 is 2.11 bits per heavy atom. The molecule has 4 heteroatoms. The fraction of sp³-hybridized carbons (Fsp3) is 0.400. The molecule has 1 atom stereocenters. The van der Waals surface area contributed by atoms with E-state index in [1.807, 2.05) is 24.3 Å². The van der Waals surface area contributed by atoms with Gasteiger partial charge in [-0.05, 0) is 12.0 Å². The third-order valence-electron chi connectivity index (χ3n) is 3.53. The van der Waals surface area contributed by atoms with Crippen molar-refractivity contribution in [3.05, 3.63) is 41.5 Å². The van der Waals surface area contributed by atoms with Crippen molar-refractivity contribution in [2.45, 2.75) is 31.7 Å². The maximum atomic E-state index is 12.4. The van der Waals surface area contributed by atoms with Gasteiger partial charge in [-0.1, -0.05) is 44.0 Å². The number of rotatable bonds is 5. The van der Waals surface area contributed by atoms with E-state index in [-0.39, 0.29) is 11.5 Å². The topological polar surface area (TPSA) is 58.6 Å². The minimum absolute atomic E-state index is 0.0191. The van der Waals surface area contributed by atoms with Gasteiger partial charge in [-0.15, -0.1) is 0 Å². The van der Waals surface area contributed by atoms with Gasteiger partial charge in [-0.25, -0.2) is 0 Å². The third kappa shape index (κ3) is 2.29. The van der Waals surface area contributed by atoms with Crippen molar-refractivity contribution in [3.8, 4) is 0 Å². The van der Waals surface area contributed by atoms with Crippen LogP contribution >= 0.6 is 0 Å². The van der Waals surface area contributed by atoms with Gasteiger partial charge in [0.15, 0.2) is 5.78 Å². The second-order valence-corrected chi connectivity index (χ2v) is 4.75. The zero-order chi connectivity index (χ0) is 13.9. The van der Waals surface area contributed by atoms with E-state index in [2.05, 4.69) is 12.4 Å². The van der Waals surface area contributed by atoms with Crippen LogP contribution in [-0.4, -0.2) is 18.0 Å². The summed E-state index contributed by atoms with van der Waals surface area (Å²) in [5, 5.41) is 9.93. The summed E-state index contributed by atoms with van der Waals surface area (Å²) in [6.45, 7) is 2.08. The van der Waals surface area contributed by atoms with E-state index in [0.717, 1.165) is 18.4 Å². The Morgan fingerprint density at radius 1 is 1.37 bits per heavy atom. The Kier molecular flexibility index (Phi) is 4.02. The quantitative estimate of drug-likeness (QED) is 0.800. The highest BCUT2D eigenvalue weighted by molar-refractivity contribution is 6.06. The number of benzene rings is 1. The van der Waals surface area contributed by atoms with Crippen LogP contribution in [0.1, 0.15) is 37.3 Å². The normalized spacial score (nSPS) is 22.0. The van der Waals surface area contributed by atoms with E-state index in [1.54, 1.807) is 0 Å². The Hall–Kier alpha value is -1.65. The van der Waals surface area contributed by atoms with Gasteiger partial charge in [0, 0.05) is 11.6 Å². The standard InChI is InChI=1S/C15H19NO3/c1-3-4-9-15(16-19-2)12-8-6-5-7-11(12)13(17)10-14(15)18/h5-8,10,16-17H,3-4,9H2,1-2H3. The van der Waals surface area contributed by atoms with Gasteiger partial charge in [0.2, 0.25) is 0 Å². The maximum absolute atomic E-state index is 12.4. The second-order valence-electron chi connectivity index (χ2n) is 4.75. The van der Waals surface area contributed by atoms with Gasteiger partial charge in [0.05, 0.1) is 7.11 Å². The number of fused-ring (bicyclic) bond motifs is 1. The predicted molar refractivity (Wildman–Crippen MR) is 73.4 cm³/mol. The Labute approximate surface area is 113 Å². The SMILES string of the molecule is CCCCC1(NOC)C(=O)C=C(O)c2ccccc21. The highest BCUT2D eigenvalue weighted by Gasteiger charge is 2.43. The van der Waals surface area contributed by atoms with E-state index in [1.165, 1.54) is 13.2 Å².